The van der Waals surface area contributed by atoms with Crippen molar-refractivity contribution in [3.05, 3.63) is 34.9 Å². The normalized spacial score (nSPS) is 21.2. The van der Waals surface area contributed by atoms with E-state index in [0.717, 1.165) is 0 Å². The SMILES string of the molecule is CCOCCCN(C(=O)CCCC(C)=O)C1C=C(C(=O)NCCO)C2c3cc(C=O)cc(OC)c3OC2C1O. The van der Waals surface area contributed by atoms with Crippen molar-refractivity contribution in [1.82, 2.24) is 10.2 Å². The number of rotatable bonds is 15. The van der Waals surface area contributed by atoms with Crippen LogP contribution < -0.4 is 14.8 Å². The van der Waals surface area contributed by atoms with Crippen molar-refractivity contribution in [1.29, 1.82) is 0 Å². The molecule has 0 radical (unpaired) electrons. The summed E-state index contributed by atoms with van der Waals surface area (Å²) in [6, 6.07) is 2.21. The van der Waals surface area contributed by atoms with Gasteiger partial charge in [0.15, 0.2) is 11.5 Å². The Morgan fingerprint density at radius 2 is 1.97 bits per heavy atom. The molecule has 2 amide bonds. The number of methoxy groups -OCH3 is 1. The Morgan fingerprint density at radius 1 is 1.21 bits per heavy atom. The summed E-state index contributed by atoms with van der Waals surface area (Å²) in [5.41, 5.74) is 1.08. The number of Topliss-reactive ketones (excluding diaryl/α,β-unsaturated/α-hetero) is 1. The minimum absolute atomic E-state index is 0.00818. The van der Waals surface area contributed by atoms with Gasteiger partial charge in [0.1, 0.15) is 24.3 Å². The van der Waals surface area contributed by atoms with Crippen molar-refractivity contribution >= 4 is 23.9 Å². The number of fused-ring (bicyclic) bond motifs is 3. The quantitative estimate of drug-likeness (QED) is 0.217. The number of nitrogens with one attached hydrogen (secondary N) is 1. The lowest BCUT2D eigenvalue weighted by molar-refractivity contribution is -0.137. The molecule has 1 aliphatic heterocycles. The molecule has 1 aromatic carbocycles. The zero-order chi connectivity index (χ0) is 28.5. The van der Waals surface area contributed by atoms with Gasteiger partial charge in [0.25, 0.3) is 0 Å². The predicted molar refractivity (Wildman–Crippen MR) is 141 cm³/mol. The third-order valence-corrected chi connectivity index (χ3v) is 6.90. The van der Waals surface area contributed by atoms with Gasteiger partial charge in [-0.2, -0.15) is 0 Å². The molecule has 0 saturated heterocycles. The van der Waals surface area contributed by atoms with Crippen LogP contribution in [0.15, 0.2) is 23.8 Å². The van der Waals surface area contributed by atoms with Gasteiger partial charge in [0, 0.05) is 55.8 Å². The van der Waals surface area contributed by atoms with Crippen molar-refractivity contribution in [2.24, 2.45) is 0 Å². The number of carbonyl (C=O) groups is 4. The molecule has 0 aromatic heterocycles. The standard InChI is InChI=1S/C28H38N2O9/c1-4-38-12-6-10-30(23(34)8-5-7-17(2)33)21-15-20(28(36)29-9-11-31)24-19-13-18(16-32)14-22(37-3)26(19)39-27(24)25(21)35/h13-16,21,24-25,27,31,35H,4-12H2,1-3H3,(H,29,36). The van der Waals surface area contributed by atoms with Gasteiger partial charge >= 0.3 is 0 Å². The molecule has 11 nitrogen and oxygen atoms in total. The maximum atomic E-state index is 13.4. The van der Waals surface area contributed by atoms with Gasteiger partial charge in [0.05, 0.1) is 25.7 Å². The Morgan fingerprint density at radius 3 is 2.62 bits per heavy atom. The van der Waals surface area contributed by atoms with Crippen molar-refractivity contribution in [2.45, 2.75) is 63.7 Å². The molecule has 0 saturated carbocycles. The Labute approximate surface area is 228 Å². The van der Waals surface area contributed by atoms with Gasteiger partial charge in [-0.05, 0) is 44.9 Å². The van der Waals surface area contributed by atoms with Gasteiger partial charge in [-0.1, -0.05) is 0 Å². The summed E-state index contributed by atoms with van der Waals surface area (Å²) in [5.74, 6) is -0.906. The smallest absolute Gasteiger partial charge is 0.247 e. The van der Waals surface area contributed by atoms with E-state index >= 15 is 0 Å². The van der Waals surface area contributed by atoms with Crippen LogP contribution in [-0.4, -0.2) is 97.3 Å². The van der Waals surface area contributed by atoms with Gasteiger partial charge in [-0.25, -0.2) is 0 Å². The lowest BCUT2D eigenvalue weighted by atomic mass is 9.77. The maximum absolute atomic E-state index is 13.4. The van der Waals surface area contributed by atoms with E-state index in [1.165, 1.54) is 25.0 Å². The average molecular weight is 547 g/mol. The van der Waals surface area contributed by atoms with Gasteiger partial charge in [-0.15, -0.1) is 0 Å². The van der Waals surface area contributed by atoms with E-state index in [9.17, 15) is 29.4 Å². The van der Waals surface area contributed by atoms with Gasteiger partial charge in [-0.3, -0.25) is 14.4 Å². The van der Waals surface area contributed by atoms with Crippen LogP contribution in [0.25, 0.3) is 0 Å². The first kappa shape index (κ1) is 30.3. The number of amides is 2. The monoisotopic (exact) mass is 546 g/mol. The van der Waals surface area contributed by atoms with Crippen LogP contribution in [0, 0.1) is 0 Å². The highest BCUT2D eigenvalue weighted by atomic mass is 16.5. The van der Waals surface area contributed by atoms with E-state index in [2.05, 4.69) is 5.32 Å². The number of aldehydes is 1. The zero-order valence-corrected chi connectivity index (χ0v) is 22.7. The summed E-state index contributed by atoms with van der Waals surface area (Å²) in [6.07, 6.45) is 1.30. The van der Waals surface area contributed by atoms with Crippen molar-refractivity contribution in [3.8, 4) is 11.5 Å². The Bertz CT molecular complexity index is 1090. The summed E-state index contributed by atoms with van der Waals surface area (Å²) < 4.78 is 17.0. The highest BCUT2D eigenvalue weighted by molar-refractivity contribution is 5.96. The second-order valence-corrected chi connectivity index (χ2v) is 9.60. The molecule has 1 heterocycles. The number of carbonyl (C=O) groups excluding carboxylic acids is 4. The molecule has 2 aliphatic rings. The van der Waals surface area contributed by atoms with E-state index in [-0.39, 0.29) is 55.6 Å². The molecule has 0 bridgehead atoms. The van der Waals surface area contributed by atoms with Crippen LogP contribution in [-0.2, 0) is 19.1 Å². The van der Waals surface area contributed by atoms with Crippen molar-refractivity contribution in [2.75, 3.05) is 40.0 Å². The van der Waals surface area contributed by atoms with Crippen LogP contribution in [0.3, 0.4) is 0 Å². The topological polar surface area (TPSA) is 152 Å². The third-order valence-electron chi connectivity index (χ3n) is 6.90. The van der Waals surface area contributed by atoms with Crippen LogP contribution in [0.2, 0.25) is 0 Å². The Kier molecular flexibility index (Phi) is 11.0. The lowest BCUT2D eigenvalue weighted by Crippen LogP contribution is -2.56. The number of ketones is 1. The summed E-state index contributed by atoms with van der Waals surface area (Å²) in [6.45, 7) is 4.26. The fourth-order valence-corrected chi connectivity index (χ4v) is 5.11. The summed E-state index contributed by atoms with van der Waals surface area (Å²) in [7, 11) is 1.43. The van der Waals surface area contributed by atoms with Crippen LogP contribution in [0.1, 0.15) is 61.4 Å². The minimum Gasteiger partial charge on any atom is -0.493 e. The lowest BCUT2D eigenvalue weighted by Gasteiger charge is -2.40. The van der Waals surface area contributed by atoms with E-state index in [0.29, 0.717) is 49.2 Å². The van der Waals surface area contributed by atoms with E-state index in [4.69, 9.17) is 14.2 Å². The van der Waals surface area contributed by atoms with Crippen molar-refractivity contribution in [3.63, 3.8) is 0 Å². The number of aliphatic hydroxyl groups is 2. The largest absolute Gasteiger partial charge is 0.493 e. The molecule has 3 N–H and O–H groups in total. The number of nitrogens with zero attached hydrogens (tertiary/aromatic N) is 1. The van der Waals surface area contributed by atoms with Crippen LogP contribution >= 0.6 is 0 Å². The Hall–Kier alpha value is -3.28. The third kappa shape index (κ3) is 7.03. The molecule has 0 fully saturated rings. The minimum atomic E-state index is -1.22. The second-order valence-electron chi connectivity index (χ2n) is 9.60. The van der Waals surface area contributed by atoms with E-state index in [1.807, 2.05) is 6.92 Å². The molecule has 39 heavy (non-hydrogen) atoms. The molecule has 11 heteroatoms. The predicted octanol–water partition coefficient (Wildman–Crippen LogP) is 1.14. The summed E-state index contributed by atoms with van der Waals surface area (Å²) >= 11 is 0. The van der Waals surface area contributed by atoms with Crippen molar-refractivity contribution < 1.29 is 43.6 Å². The first-order valence-electron chi connectivity index (χ1n) is 13.3. The average Bonchev–Trinajstić information content (AvgIpc) is 3.31. The first-order valence-corrected chi connectivity index (χ1v) is 13.3. The summed E-state index contributed by atoms with van der Waals surface area (Å²) in [5, 5.41) is 23.5. The van der Waals surface area contributed by atoms with Crippen LogP contribution in [0.5, 0.6) is 11.5 Å². The molecule has 214 valence electrons. The summed E-state index contributed by atoms with van der Waals surface area (Å²) in [4.78, 5) is 51.2. The fraction of sp³-hybridized carbons (Fsp3) is 0.571. The number of ether oxygens (including phenoxy) is 3. The molecule has 3 rings (SSSR count). The number of benzene rings is 1. The number of hydrogen-bond donors (Lipinski definition) is 3. The number of hydrogen-bond acceptors (Lipinski definition) is 9. The first-order chi connectivity index (χ1) is 18.8. The molecule has 0 spiro atoms. The highest BCUT2D eigenvalue weighted by Gasteiger charge is 2.51. The Balaban J connectivity index is 2.03. The second kappa shape index (κ2) is 14.2. The number of aliphatic hydroxyl groups excluding tert-OH is 2. The van der Waals surface area contributed by atoms with Gasteiger partial charge in [0.2, 0.25) is 11.8 Å². The molecule has 4 unspecified atom stereocenters. The zero-order valence-electron chi connectivity index (χ0n) is 22.7. The van der Waals surface area contributed by atoms with Gasteiger partial charge < -0.3 is 39.4 Å². The van der Waals surface area contributed by atoms with Crippen LogP contribution in [0.4, 0.5) is 0 Å². The highest BCUT2D eigenvalue weighted by Crippen LogP contribution is 2.51. The fourth-order valence-electron chi connectivity index (χ4n) is 5.11. The molecule has 1 aromatic rings. The van der Waals surface area contributed by atoms with E-state index in [1.54, 1.807) is 12.1 Å². The molecule has 1 aliphatic carbocycles. The van der Waals surface area contributed by atoms with E-state index < -0.39 is 30.1 Å². The maximum Gasteiger partial charge on any atom is 0.247 e. The molecular formula is C28H38N2O9. The molecular weight excluding hydrogens is 508 g/mol. The molecule has 4 atom stereocenters.